The van der Waals surface area contributed by atoms with Gasteiger partial charge in [-0.2, -0.15) is 5.10 Å². The van der Waals surface area contributed by atoms with Crippen molar-refractivity contribution in [3.05, 3.63) is 30.0 Å². The predicted molar refractivity (Wildman–Crippen MR) is 88.7 cm³/mol. The van der Waals surface area contributed by atoms with Gasteiger partial charge >= 0.3 is 5.97 Å². The van der Waals surface area contributed by atoms with E-state index in [4.69, 9.17) is 14.6 Å². The molecular formula is C17H21N3O4. The number of aromatic amines is 1. The Labute approximate surface area is 140 Å². The van der Waals surface area contributed by atoms with Crippen LogP contribution in [-0.4, -0.2) is 59.5 Å². The monoisotopic (exact) mass is 331 g/mol. The first-order chi connectivity index (χ1) is 11.6. The van der Waals surface area contributed by atoms with Crippen molar-refractivity contribution in [1.29, 1.82) is 0 Å². The molecule has 1 aliphatic rings. The molecule has 0 unspecified atom stereocenters. The van der Waals surface area contributed by atoms with E-state index in [2.05, 4.69) is 22.1 Å². The maximum atomic E-state index is 11.0. The normalized spacial score (nSPS) is 16.1. The Morgan fingerprint density at radius 1 is 1.29 bits per heavy atom. The molecule has 7 heteroatoms. The van der Waals surface area contributed by atoms with Gasteiger partial charge in [0, 0.05) is 18.7 Å². The first-order valence-electron chi connectivity index (χ1n) is 7.89. The second-order valence-electron chi connectivity index (χ2n) is 5.96. The number of carboxylic acids is 1. The minimum atomic E-state index is -1.04. The van der Waals surface area contributed by atoms with Crippen LogP contribution in [0.4, 0.5) is 0 Å². The highest BCUT2D eigenvalue weighted by atomic mass is 16.5. The number of hydrogen-bond acceptors (Lipinski definition) is 5. The van der Waals surface area contributed by atoms with Crippen LogP contribution >= 0.6 is 0 Å². The van der Waals surface area contributed by atoms with Crippen LogP contribution in [0.2, 0.25) is 0 Å². The fourth-order valence-electron chi connectivity index (χ4n) is 2.79. The van der Waals surface area contributed by atoms with Gasteiger partial charge in [0.05, 0.1) is 12.8 Å². The highest BCUT2D eigenvalue weighted by Crippen LogP contribution is 2.34. The average molecular weight is 331 g/mol. The minimum absolute atomic E-state index is 0.0543. The van der Waals surface area contributed by atoms with E-state index in [1.807, 2.05) is 18.2 Å². The smallest absolute Gasteiger partial charge is 0.353 e. The lowest BCUT2D eigenvalue weighted by atomic mass is 10.1. The Bertz CT molecular complexity index is 720. The summed E-state index contributed by atoms with van der Waals surface area (Å²) < 4.78 is 11.5. The Hall–Kier alpha value is -2.54. The van der Waals surface area contributed by atoms with Crippen molar-refractivity contribution < 1.29 is 19.4 Å². The molecule has 24 heavy (non-hydrogen) atoms. The van der Waals surface area contributed by atoms with Gasteiger partial charge in [-0.05, 0) is 44.2 Å². The number of ether oxygens (including phenoxy) is 2. The lowest BCUT2D eigenvalue weighted by molar-refractivity contribution is 0.0690. The third-order valence-corrected chi connectivity index (χ3v) is 4.23. The molecule has 3 rings (SSSR count). The number of piperidine rings is 1. The summed E-state index contributed by atoms with van der Waals surface area (Å²) in [4.78, 5) is 13.3. The topological polar surface area (TPSA) is 87.7 Å². The summed E-state index contributed by atoms with van der Waals surface area (Å²) in [7, 11) is 3.71. The van der Waals surface area contributed by atoms with E-state index in [1.54, 1.807) is 7.11 Å². The number of nitrogens with one attached hydrogen (secondary N) is 1. The summed E-state index contributed by atoms with van der Waals surface area (Å²) in [5.41, 5.74) is 1.39. The van der Waals surface area contributed by atoms with E-state index in [0.717, 1.165) is 31.5 Å². The number of aromatic nitrogens is 2. The van der Waals surface area contributed by atoms with E-state index in [9.17, 15) is 4.79 Å². The minimum Gasteiger partial charge on any atom is -0.493 e. The number of carboxylic acid groups (broad SMARTS) is 1. The van der Waals surface area contributed by atoms with Crippen LogP contribution in [-0.2, 0) is 0 Å². The van der Waals surface area contributed by atoms with Crippen molar-refractivity contribution >= 4 is 5.97 Å². The number of nitrogens with zero attached hydrogens (tertiary/aromatic N) is 2. The number of H-pyrrole nitrogens is 1. The number of rotatable bonds is 5. The molecule has 1 aliphatic heterocycles. The van der Waals surface area contributed by atoms with Gasteiger partial charge in [-0.1, -0.05) is 0 Å². The van der Waals surface area contributed by atoms with Crippen LogP contribution in [0, 0.1) is 0 Å². The molecule has 0 atom stereocenters. The SMILES string of the molecule is COc1ccc(-c2cc(C(=O)O)[nH]n2)cc1OC1CCN(C)CC1. The second-order valence-corrected chi connectivity index (χ2v) is 5.96. The third-order valence-electron chi connectivity index (χ3n) is 4.23. The molecule has 0 radical (unpaired) electrons. The number of carbonyl (C=O) groups is 1. The molecule has 2 aromatic rings. The fourth-order valence-corrected chi connectivity index (χ4v) is 2.79. The largest absolute Gasteiger partial charge is 0.493 e. The third kappa shape index (κ3) is 3.51. The van der Waals surface area contributed by atoms with Gasteiger partial charge in [-0.15, -0.1) is 0 Å². The second kappa shape index (κ2) is 6.92. The predicted octanol–water partition coefficient (Wildman–Crippen LogP) is 2.26. The average Bonchev–Trinajstić information content (AvgIpc) is 3.07. The summed E-state index contributed by atoms with van der Waals surface area (Å²) in [6.45, 7) is 2.02. The molecule has 1 aromatic carbocycles. The van der Waals surface area contributed by atoms with Crippen molar-refractivity contribution in [3.8, 4) is 22.8 Å². The zero-order valence-electron chi connectivity index (χ0n) is 13.8. The molecule has 7 nitrogen and oxygen atoms in total. The van der Waals surface area contributed by atoms with Crippen molar-refractivity contribution in [3.63, 3.8) is 0 Å². The van der Waals surface area contributed by atoms with Gasteiger partial charge in [0.25, 0.3) is 0 Å². The molecule has 0 saturated carbocycles. The molecule has 1 saturated heterocycles. The summed E-state index contributed by atoms with van der Waals surface area (Å²) in [6, 6.07) is 7.00. The molecule has 0 amide bonds. The number of hydrogen-bond donors (Lipinski definition) is 2. The van der Waals surface area contributed by atoms with E-state index >= 15 is 0 Å². The van der Waals surface area contributed by atoms with E-state index in [-0.39, 0.29) is 11.8 Å². The molecule has 2 heterocycles. The summed E-state index contributed by atoms with van der Waals surface area (Å²) in [6.07, 6.45) is 2.09. The Morgan fingerprint density at radius 3 is 2.67 bits per heavy atom. The Morgan fingerprint density at radius 2 is 2.04 bits per heavy atom. The molecular weight excluding hydrogens is 310 g/mol. The quantitative estimate of drug-likeness (QED) is 0.874. The maximum Gasteiger partial charge on any atom is 0.353 e. The maximum absolute atomic E-state index is 11.0. The van der Waals surface area contributed by atoms with Gasteiger partial charge in [0.1, 0.15) is 11.8 Å². The van der Waals surface area contributed by atoms with Crippen LogP contribution < -0.4 is 9.47 Å². The lowest BCUT2D eigenvalue weighted by Crippen LogP contribution is -2.35. The Kier molecular flexibility index (Phi) is 4.71. The molecule has 1 aromatic heterocycles. The van der Waals surface area contributed by atoms with Crippen LogP contribution in [0.25, 0.3) is 11.3 Å². The molecule has 0 bridgehead atoms. The zero-order valence-corrected chi connectivity index (χ0v) is 13.8. The highest BCUT2D eigenvalue weighted by Gasteiger charge is 2.20. The number of aromatic carboxylic acids is 1. The van der Waals surface area contributed by atoms with Crippen molar-refractivity contribution in [2.45, 2.75) is 18.9 Å². The molecule has 1 fully saturated rings. The van der Waals surface area contributed by atoms with E-state index in [1.165, 1.54) is 6.07 Å². The fraction of sp³-hybridized carbons (Fsp3) is 0.412. The van der Waals surface area contributed by atoms with Crippen LogP contribution in [0.1, 0.15) is 23.3 Å². The Balaban J connectivity index is 1.83. The van der Waals surface area contributed by atoms with Gasteiger partial charge in [0.2, 0.25) is 0 Å². The first-order valence-corrected chi connectivity index (χ1v) is 7.89. The number of benzene rings is 1. The summed E-state index contributed by atoms with van der Waals surface area (Å²) in [5.74, 6) is 0.279. The molecule has 128 valence electrons. The van der Waals surface area contributed by atoms with Gasteiger partial charge < -0.3 is 19.5 Å². The van der Waals surface area contributed by atoms with E-state index < -0.39 is 5.97 Å². The van der Waals surface area contributed by atoms with Crippen LogP contribution in [0.5, 0.6) is 11.5 Å². The van der Waals surface area contributed by atoms with E-state index in [0.29, 0.717) is 17.2 Å². The molecule has 0 aliphatic carbocycles. The zero-order chi connectivity index (χ0) is 17.1. The summed E-state index contributed by atoms with van der Waals surface area (Å²) in [5, 5.41) is 15.6. The van der Waals surface area contributed by atoms with Crippen molar-refractivity contribution in [2.75, 3.05) is 27.2 Å². The highest BCUT2D eigenvalue weighted by molar-refractivity contribution is 5.86. The molecule has 0 spiro atoms. The standard InChI is InChI=1S/C17H21N3O4/c1-20-7-5-12(6-8-20)24-16-9-11(3-4-15(16)23-2)13-10-14(17(21)22)19-18-13/h3-4,9-10,12H,5-8H2,1-2H3,(H,18,19)(H,21,22). The van der Waals surface area contributed by atoms with Crippen molar-refractivity contribution in [2.24, 2.45) is 0 Å². The number of likely N-dealkylation sites (tertiary alicyclic amines) is 1. The van der Waals surface area contributed by atoms with Gasteiger partial charge in [0.15, 0.2) is 11.5 Å². The van der Waals surface area contributed by atoms with Crippen molar-refractivity contribution in [1.82, 2.24) is 15.1 Å². The van der Waals surface area contributed by atoms with Crippen LogP contribution in [0.15, 0.2) is 24.3 Å². The number of methoxy groups -OCH3 is 1. The van der Waals surface area contributed by atoms with Crippen LogP contribution in [0.3, 0.4) is 0 Å². The van der Waals surface area contributed by atoms with Gasteiger partial charge in [-0.25, -0.2) is 4.79 Å². The molecule has 2 N–H and O–H groups in total. The first kappa shape index (κ1) is 16.3. The van der Waals surface area contributed by atoms with Gasteiger partial charge in [-0.3, -0.25) is 5.10 Å². The lowest BCUT2D eigenvalue weighted by Gasteiger charge is -2.29. The summed E-state index contributed by atoms with van der Waals surface area (Å²) >= 11 is 0.